The van der Waals surface area contributed by atoms with Crippen LogP contribution in [0.5, 0.6) is 0 Å². The fourth-order valence-corrected chi connectivity index (χ4v) is 2.97. The van der Waals surface area contributed by atoms with Crippen molar-refractivity contribution in [3.8, 4) is 0 Å². The molecule has 13 heavy (non-hydrogen) atoms. The van der Waals surface area contributed by atoms with E-state index in [0.717, 1.165) is 25.8 Å². The number of Topliss-reactive ketones (excluding diaryl/α,β-unsaturated/α-hetero) is 1. The summed E-state index contributed by atoms with van der Waals surface area (Å²) in [5.74, 6) is 0.480. The maximum absolute atomic E-state index is 11.9. The monoisotopic (exact) mass is 181 g/mol. The summed E-state index contributed by atoms with van der Waals surface area (Å²) in [6.07, 6.45) is 5.46. The van der Waals surface area contributed by atoms with Crippen LogP contribution in [-0.2, 0) is 4.79 Å². The Hall–Kier alpha value is -0.370. The quantitative estimate of drug-likeness (QED) is 0.618. The minimum absolute atomic E-state index is 0.0799. The van der Waals surface area contributed by atoms with Crippen molar-refractivity contribution in [2.75, 3.05) is 6.54 Å². The molecule has 2 unspecified atom stereocenters. The summed E-state index contributed by atoms with van der Waals surface area (Å²) < 4.78 is 0. The molecule has 1 N–H and O–H groups in total. The second-order valence-electron chi connectivity index (χ2n) is 4.97. The van der Waals surface area contributed by atoms with Crippen LogP contribution >= 0.6 is 0 Å². The number of rotatable bonds is 0. The molecule has 1 aliphatic carbocycles. The molecule has 0 aromatic rings. The molecule has 2 atom stereocenters. The number of ketones is 1. The maximum atomic E-state index is 11.9. The molecule has 74 valence electrons. The van der Waals surface area contributed by atoms with E-state index in [1.807, 2.05) is 0 Å². The van der Waals surface area contributed by atoms with Crippen LogP contribution in [0.15, 0.2) is 0 Å². The first-order chi connectivity index (χ1) is 6.08. The Morgan fingerprint density at radius 2 is 1.92 bits per heavy atom. The fourth-order valence-electron chi connectivity index (χ4n) is 2.97. The van der Waals surface area contributed by atoms with E-state index in [0.29, 0.717) is 5.78 Å². The maximum Gasteiger partial charge on any atom is 0.141 e. The Kier molecular flexibility index (Phi) is 1.99. The third kappa shape index (κ3) is 1.15. The average molecular weight is 181 g/mol. The van der Waals surface area contributed by atoms with Gasteiger partial charge in [-0.3, -0.25) is 4.79 Å². The molecule has 0 aromatic carbocycles. The van der Waals surface area contributed by atoms with Crippen molar-refractivity contribution < 1.29 is 4.79 Å². The highest BCUT2D eigenvalue weighted by molar-refractivity contribution is 5.87. The topological polar surface area (TPSA) is 29.1 Å². The zero-order valence-electron chi connectivity index (χ0n) is 8.65. The van der Waals surface area contributed by atoms with Gasteiger partial charge in [0.05, 0.1) is 0 Å². The minimum atomic E-state index is -0.0799. The molecule has 1 saturated carbocycles. The number of carbonyl (C=O) groups is 1. The standard InChI is InChI=1S/C11H19NO/c1-10-6-3-4-7-11(10,2)12-8-5-9(10)13/h12H,3-8H2,1-2H3. The molecule has 0 aromatic heterocycles. The van der Waals surface area contributed by atoms with Crippen LogP contribution in [0.1, 0.15) is 46.0 Å². The molecule has 2 rings (SSSR count). The molecule has 1 aliphatic heterocycles. The van der Waals surface area contributed by atoms with Gasteiger partial charge in [-0.1, -0.05) is 19.8 Å². The van der Waals surface area contributed by atoms with E-state index in [9.17, 15) is 4.79 Å². The van der Waals surface area contributed by atoms with E-state index in [1.165, 1.54) is 12.8 Å². The zero-order chi connectivity index (χ0) is 9.53. The number of hydrogen-bond donors (Lipinski definition) is 1. The number of hydrogen-bond acceptors (Lipinski definition) is 2. The van der Waals surface area contributed by atoms with Crippen molar-refractivity contribution in [3.63, 3.8) is 0 Å². The predicted molar refractivity (Wildman–Crippen MR) is 52.6 cm³/mol. The molecular formula is C11H19NO. The second kappa shape index (κ2) is 2.81. The van der Waals surface area contributed by atoms with Crippen LogP contribution in [0.3, 0.4) is 0 Å². The van der Waals surface area contributed by atoms with E-state index in [1.54, 1.807) is 0 Å². The Labute approximate surface area is 80.1 Å². The van der Waals surface area contributed by atoms with E-state index < -0.39 is 0 Å². The fraction of sp³-hybridized carbons (Fsp3) is 0.909. The van der Waals surface area contributed by atoms with E-state index in [2.05, 4.69) is 19.2 Å². The number of carbonyl (C=O) groups excluding carboxylic acids is 1. The molecule has 0 amide bonds. The lowest BCUT2D eigenvalue weighted by atomic mass is 9.58. The summed E-state index contributed by atoms with van der Waals surface area (Å²) in [5.41, 5.74) is 0.00405. The summed E-state index contributed by atoms with van der Waals surface area (Å²) in [7, 11) is 0. The summed E-state index contributed by atoms with van der Waals surface area (Å²) in [6.45, 7) is 5.26. The van der Waals surface area contributed by atoms with Gasteiger partial charge < -0.3 is 5.32 Å². The van der Waals surface area contributed by atoms with Crippen LogP contribution in [0.2, 0.25) is 0 Å². The van der Waals surface area contributed by atoms with Crippen molar-refractivity contribution >= 4 is 5.78 Å². The van der Waals surface area contributed by atoms with E-state index in [-0.39, 0.29) is 11.0 Å². The molecule has 2 nitrogen and oxygen atoms in total. The summed E-state index contributed by atoms with van der Waals surface area (Å²) in [4.78, 5) is 11.9. The lowest BCUT2D eigenvalue weighted by molar-refractivity contribution is -0.138. The van der Waals surface area contributed by atoms with Crippen molar-refractivity contribution in [3.05, 3.63) is 0 Å². The molecule has 0 radical (unpaired) electrons. The second-order valence-corrected chi connectivity index (χ2v) is 4.97. The average Bonchev–Trinajstić information content (AvgIpc) is 2.09. The Bertz CT molecular complexity index is 234. The highest BCUT2D eigenvalue weighted by Crippen LogP contribution is 2.46. The van der Waals surface area contributed by atoms with Gasteiger partial charge in [0, 0.05) is 23.9 Å². The van der Waals surface area contributed by atoms with Gasteiger partial charge in [0.15, 0.2) is 0 Å². The van der Waals surface area contributed by atoms with Gasteiger partial charge in [-0.05, 0) is 19.8 Å². The van der Waals surface area contributed by atoms with Crippen LogP contribution in [0.4, 0.5) is 0 Å². The van der Waals surface area contributed by atoms with Gasteiger partial charge in [-0.25, -0.2) is 0 Å². The normalized spacial score (nSPS) is 45.8. The Morgan fingerprint density at radius 3 is 2.62 bits per heavy atom. The van der Waals surface area contributed by atoms with Crippen molar-refractivity contribution in [1.82, 2.24) is 5.32 Å². The molecule has 0 bridgehead atoms. The van der Waals surface area contributed by atoms with Gasteiger partial charge in [0.2, 0.25) is 0 Å². The van der Waals surface area contributed by atoms with Gasteiger partial charge in [-0.15, -0.1) is 0 Å². The summed E-state index contributed by atoms with van der Waals surface area (Å²) in [6, 6.07) is 0. The summed E-state index contributed by atoms with van der Waals surface area (Å²) in [5, 5.41) is 3.55. The first kappa shape index (κ1) is 9.20. The van der Waals surface area contributed by atoms with Crippen LogP contribution in [-0.4, -0.2) is 17.9 Å². The highest BCUT2D eigenvalue weighted by Gasteiger charge is 2.52. The lowest BCUT2D eigenvalue weighted by Crippen LogP contribution is -2.64. The predicted octanol–water partition coefficient (Wildman–Crippen LogP) is 1.89. The zero-order valence-corrected chi connectivity index (χ0v) is 8.65. The van der Waals surface area contributed by atoms with Gasteiger partial charge in [0.1, 0.15) is 5.78 Å². The van der Waals surface area contributed by atoms with Crippen LogP contribution in [0.25, 0.3) is 0 Å². The molecular weight excluding hydrogens is 162 g/mol. The first-order valence-electron chi connectivity index (χ1n) is 5.37. The van der Waals surface area contributed by atoms with Crippen molar-refractivity contribution in [2.45, 2.75) is 51.5 Å². The van der Waals surface area contributed by atoms with Gasteiger partial charge in [0.25, 0.3) is 0 Å². The molecule has 2 fully saturated rings. The largest absolute Gasteiger partial charge is 0.310 e. The van der Waals surface area contributed by atoms with E-state index >= 15 is 0 Å². The van der Waals surface area contributed by atoms with Crippen molar-refractivity contribution in [1.29, 1.82) is 0 Å². The number of fused-ring (bicyclic) bond motifs is 1. The first-order valence-corrected chi connectivity index (χ1v) is 5.37. The SMILES string of the molecule is CC12CCCCC1(C)C(=O)CCN2. The van der Waals surface area contributed by atoms with E-state index in [4.69, 9.17) is 0 Å². The molecule has 2 heteroatoms. The minimum Gasteiger partial charge on any atom is -0.310 e. The van der Waals surface area contributed by atoms with Gasteiger partial charge in [-0.2, -0.15) is 0 Å². The highest BCUT2D eigenvalue weighted by atomic mass is 16.1. The van der Waals surface area contributed by atoms with Crippen LogP contribution < -0.4 is 5.32 Å². The lowest BCUT2D eigenvalue weighted by Gasteiger charge is -2.52. The summed E-state index contributed by atoms with van der Waals surface area (Å²) >= 11 is 0. The van der Waals surface area contributed by atoms with Crippen LogP contribution in [0, 0.1) is 5.41 Å². The van der Waals surface area contributed by atoms with Crippen molar-refractivity contribution in [2.24, 2.45) is 5.41 Å². The number of nitrogens with one attached hydrogen (secondary N) is 1. The third-order valence-electron chi connectivity index (χ3n) is 4.30. The molecule has 2 aliphatic rings. The Morgan fingerprint density at radius 1 is 1.23 bits per heavy atom. The Balaban J connectivity index is 2.32. The number of piperidine rings is 1. The third-order valence-corrected chi connectivity index (χ3v) is 4.30. The molecule has 1 heterocycles. The van der Waals surface area contributed by atoms with Gasteiger partial charge >= 0.3 is 0 Å². The smallest absolute Gasteiger partial charge is 0.141 e. The molecule has 0 spiro atoms. The molecule has 1 saturated heterocycles.